The van der Waals surface area contributed by atoms with Crippen LogP contribution in [0.2, 0.25) is 0 Å². The van der Waals surface area contributed by atoms with Crippen LogP contribution in [0.5, 0.6) is 0 Å². The summed E-state index contributed by atoms with van der Waals surface area (Å²) in [4.78, 5) is 23.8. The maximum Gasteiger partial charge on any atom is 0.323 e. The van der Waals surface area contributed by atoms with Gasteiger partial charge in [0.25, 0.3) is 0 Å². The first-order chi connectivity index (χ1) is 12.6. The number of aromatic nitrogens is 3. The minimum Gasteiger partial charge on any atom is -0.308 e. The number of nitrogens with one attached hydrogen (secondary N) is 2. The van der Waals surface area contributed by atoms with E-state index in [2.05, 4.69) is 20.8 Å². The molecule has 7 nitrogen and oxygen atoms in total. The summed E-state index contributed by atoms with van der Waals surface area (Å²) >= 11 is 0. The van der Waals surface area contributed by atoms with Gasteiger partial charge in [0.05, 0.1) is 5.69 Å². The fraction of sp³-hybridized carbons (Fsp3) is 0.263. The third-order valence-corrected chi connectivity index (χ3v) is 4.71. The Labute approximate surface area is 150 Å². The second kappa shape index (κ2) is 6.59. The molecule has 0 atom stereocenters. The number of Topliss-reactive ketones (excluding diaryl/α,β-unsaturated/α-hetero) is 1. The van der Waals surface area contributed by atoms with Gasteiger partial charge in [-0.2, -0.15) is 0 Å². The molecule has 0 bridgehead atoms. The third-order valence-electron chi connectivity index (χ3n) is 4.71. The summed E-state index contributed by atoms with van der Waals surface area (Å²) in [6, 6.07) is 10.1. The van der Waals surface area contributed by atoms with Gasteiger partial charge in [-0.3, -0.25) is 9.20 Å². The highest BCUT2D eigenvalue weighted by molar-refractivity contribution is 6.03. The standard InChI is InChI=1S/C19H19N5O2/c1-12(25)14-7-3-8-15(11-14)20-19(26)21-16-9-4-10-24-17(13-5-2-6-13)22-23-18(16)24/h3-4,7-11,13H,2,5-6H2,1H3,(H2,20,21,26). The third kappa shape index (κ3) is 3.03. The molecule has 0 radical (unpaired) electrons. The second-order valence-corrected chi connectivity index (χ2v) is 6.52. The number of benzene rings is 1. The highest BCUT2D eigenvalue weighted by Gasteiger charge is 2.25. The smallest absolute Gasteiger partial charge is 0.308 e. The highest BCUT2D eigenvalue weighted by Crippen LogP contribution is 2.35. The normalized spacial score (nSPS) is 14.0. The van der Waals surface area contributed by atoms with Crippen molar-refractivity contribution in [2.45, 2.75) is 32.1 Å². The summed E-state index contributed by atoms with van der Waals surface area (Å²) in [5.41, 5.74) is 2.32. The quantitative estimate of drug-likeness (QED) is 0.700. The van der Waals surface area contributed by atoms with Gasteiger partial charge in [0.15, 0.2) is 11.4 Å². The van der Waals surface area contributed by atoms with Crippen LogP contribution in [0.3, 0.4) is 0 Å². The molecule has 1 saturated carbocycles. The van der Waals surface area contributed by atoms with E-state index in [-0.39, 0.29) is 5.78 Å². The van der Waals surface area contributed by atoms with Gasteiger partial charge in [-0.05, 0) is 44.0 Å². The van der Waals surface area contributed by atoms with Crippen LogP contribution in [0.25, 0.3) is 5.65 Å². The fourth-order valence-corrected chi connectivity index (χ4v) is 3.08. The van der Waals surface area contributed by atoms with Crippen LogP contribution in [0, 0.1) is 0 Å². The SMILES string of the molecule is CC(=O)c1cccc(NC(=O)Nc2cccn3c(C4CCC4)nnc23)c1. The van der Waals surface area contributed by atoms with Gasteiger partial charge < -0.3 is 10.6 Å². The van der Waals surface area contributed by atoms with Gasteiger partial charge in [-0.1, -0.05) is 18.6 Å². The number of anilines is 2. The average molecular weight is 349 g/mol. The van der Waals surface area contributed by atoms with Gasteiger partial charge in [-0.25, -0.2) is 4.79 Å². The number of fused-ring (bicyclic) bond motifs is 1. The number of pyridine rings is 1. The molecule has 1 aromatic carbocycles. The molecular weight excluding hydrogens is 330 g/mol. The number of urea groups is 1. The zero-order chi connectivity index (χ0) is 18.1. The number of ketones is 1. The van der Waals surface area contributed by atoms with E-state index in [9.17, 15) is 9.59 Å². The lowest BCUT2D eigenvalue weighted by molar-refractivity contribution is 0.101. The molecule has 132 valence electrons. The first kappa shape index (κ1) is 16.3. The first-order valence-electron chi connectivity index (χ1n) is 8.64. The van der Waals surface area contributed by atoms with Crippen molar-refractivity contribution in [1.82, 2.24) is 14.6 Å². The van der Waals surface area contributed by atoms with Crippen LogP contribution in [0.4, 0.5) is 16.2 Å². The van der Waals surface area contributed by atoms with Crippen molar-refractivity contribution in [2.75, 3.05) is 10.6 Å². The van der Waals surface area contributed by atoms with Gasteiger partial charge in [-0.15, -0.1) is 10.2 Å². The molecular formula is C19H19N5O2. The predicted octanol–water partition coefficient (Wildman–Crippen LogP) is 3.84. The Hall–Kier alpha value is -3.22. The van der Waals surface area contributed by atoms with Crippen LogP contribution in [-0.2, 0) is 0 Å². The van der Waals surface area contributed by atoms with Crippen LogP contribution in [-0.4, -0.2) is 26.4 Å². The van der Waals surface area contributed by atoms with E-state index in [4.69, 9.17) is 0 Å². The van der Waals surface area contributed by atoms with Crippen LogP contribution in [0.15, 0.2) is 42.6 Å². The van der Waals surface area contributed by atoms with Crippen molar-refractivity contribution in [2.24, 2.45) is 0 Å². The molecule has 2 aromatic heterocycles. The van der Waals surface area contributed by atoms with Gasteiger partial charge in [0, 0.05) is 23.4 Å². The van der Waals surface area contributed by atoms with Gasteiger partial charge in [0.2, 0.25) is 0 Å². The van der Waals surface area contributed by atoms with Crippen LogP contribution >= 0.6 is 0 Å². The fourth-order valence-electron chi connectivity index (χ4n) is 3.08. The zero-order valence-electron chi connectivity index (χ0n) is 14.4. The van der Waals surface area contributed by atoms with E-state index < -0.39 is 6.03 Å². The average Bonchev–Trinajstić information content (AvgIpc) is 2.98. The molecule has 1 aliphatic rings. The predicted molar refractivity (Wildman–Crippen MR) is 98.7 cm³/mol. The number of hydrogen-bond acceptors (Lipinski definition) is 4. The molecule has 2 amide bonds. The highest BCUT2D eigenvalue weighted by atomic mass is 16.2. The summed E-state index contributed by atoms with van der Waals surface area (Å²) < 4.78 is 1.94. The Morgan fingerprint density at radius 1 is 1.12 bits per heavy atom. The lowest BCUT2D eigenvalue weighted by Gasteiger charge is -2.23. The van der Waals surface area contributed by atoms with Crippen LogP contribution in [0.1, 0.15) is 48.3 Å². The topological polar surface area (TPSA) is 88.4 Å². The van der Waals surface area contributed by atoms with Crippen molar-refractivity contribution >= 4 is 28.8 Å². The molecule has 0 unspecified atom stereocenters. The number of carbonyl (C=O) groups is 2. The lowest BCUT2D eigenvalue weighted by atomic mass is 9.85. The molecule has 7 heteroatoms. The Kier molecular flexibility index (Phi) is 4.12. The second-order valence-electron chi connectivity index (χ2n) is 6.52. The lowest BCUT2D eigenvalue weighted by Crippen LogP contribution is -2.20. The number of rotatable bonds is 4. The molecule has 0 saturated heterocycles. The van der Waals surface area contributed by atoms with E-state index in [0.717, 1.165) is 18.7 Å². The monoisotopic (exact) mass is 349 g/mol. The first-order valence-corrected chi connectivity index (χ1v) is 8.64. The Morgan fingerprint density at radius 2 is 1.96 bits per heavy atom. The van der Waals surface area contributed by atoms with Crippen molar-refractivity contribution in [3.63, 3.8) is 0 Å². The molecule has 2 heterocycles. The van der Waals surface area contributed by atoms with E-state index >= 15 is 0 Å². The molecule has 1 fully saturated rings. The Morgan fingerprint density at radius 3 is 2.69 bits per heavy atom. The van der Waals surface area contributed by atoms with Crippen molar-refractivity contribution in [3.05, 3.63) is 54.0 Å². The summed E-state index contributed by atoms with van der Waals surface area (Å²) in [5, 5.41) is 14.1. The minimum absolute atomic E-state index is 0.0502. The van der Waals surface area contributed by atoms with Crippen molar-refractivity contribution in [1.29, 1.82) is 0 Å². The summed E-state index contributed by atoms with van der Waals surface area (Å²) in [7, 11) is 0. The van der Waals surface area contributed by atoms with Crippen molar-refractivity contribution in [3.8, 4) is 0 Å². The molecule has 1 aliphatic carbocycles. The largest absolute Gasteiger partial charge is 0.323 e. The van der Waals surface area contributed by atoms with E-state index in [1.807, 2.05) is 16.7 Å². The number of amides is 2. The van der Waals surface area contributed by atoms with Gasteiger partial charge in [0.1, 0.15) is 5.82 Å². The maximum atomic E-state index is 12.4. The summed E-state index contributed by atoms with van der Waals surface area (Å²) in [5.74, 6) is 1.35. The molecule has 2 N–H and O–H groups in total. The zero-order valence-corrected chi connectivity index (χ0v) is 14.4. The molecule has 26 heavy (non-hydrogen) atoms. The minimum atomic E-state index is -0.396. The van der Waals surface area contributed by atoms with E-state index in [1.54, 1.807) is 30.3 Å². The molecule has 0 aliphatic heterocycles. The molecule has 3 aromatic rings. The molecule has 4 rings (SSSR count). The number of carbonyl (C=O) groups excluding carboxylic acids is 2. The van der Waals surface area contributed by atoms with Crippen molar-refractivity contribution < 1.29 is 9.59 Å². The Balaban J connectivity index is 1.53. The van der Waals surface area contributed by atoms with E-state index in [1.165, 1.54) is 13.3 Å². The number of hydrogen-bond donors (Lipinski definition) is 2. The van der Waals surface area contributed by atoms with Crippen LogP contribution < -0.4 is 10.6 Å². The maximum absolute atomic E-state index is 12.4. The summed E-state index contributed by atoms with van der Waals surface area (Å²) in [6.07, 6.45) is 5.40. The summed E-state index contributed by atoms with van der Waals surface area (Å²) in [6.45, 7) is 1.49. The van der Waals surface area contributed by atoms with E-state index in [0.29, 0.717) is 28.5 Å². The Bertz CT molecular complexity index is 991. The number of nitrogens with zero attached hydrogens (tertiary/aromatic N) is 3. The van der Waals surface area contributed by atoms with Gasteiger partial charge >= 0.3 is 6.03 Å². The molecule has 0 spiro atoms.